The highest BCUT2D eigenvalue weighted by Gasteiger charge is 2.39. The second kappa shape index (κ2) is 9.86. The first kappa shape index (κ1) is 24.9. The Morgan fingerprint density at radius 3 is 2.23 bits per heavy atom. The number of rotatable bonds is 3. The number of hydrogen-bond acceptors (Lipinski definition) is 4. The molecule has 0 bridgehead atoms. The maximum Gasteiger partial charge on any atom is 0.335 e. The molecule has 2 aliphatic rings. The Kier molecular flexibility index (Phi) is 8.19. The molecule has 0 aliphatic carbocycles. The molecule has 0 amide bonds. The largest absolute Gasteiger partial charge is 0.478 e. The van der Waals surface area contributed by atoms with E-state index in [1.807, 2.05) is 23.2 Å². The third kappa shape index (κ3) is 4.47. The van der Waals surface area contributed by atoms with E-state index in [4.69, 9.17) is 34.8 Å². The number of allylic oxidation sites excluding steroid dienone is 1. The van der Waals surface area contributed by atoms with Crippen LogP contribution in [0.4, 0.5) is 0 Å². The molecular formula is C20H15Cl5N2O2S. The van der Waals surface area contributed by atoms with Crippen molar-refractivity contribution in [1.82, 2.24) is 4.90 Å². The van der Waals surface area contributed by atoms with Crippen molar-refractivity contribution in [1.29, 1.82) is 0 Å². The molecule has 0 saturated carbocycles. The minimum absolute atomic E-state index is 0. The summed E-state index contributed by atoms with van der Waals surface area (Å²) >= 11 is 20.2. The molecule has 1 atom stereocenters. The van der Waals surface area contributed by atoms with Crippen LogP contribution in [0.1, 0.15) is 24.1 Å². The molecule has 2 aromatic carbocycles. The van der Waals surface area contributed by atoms with E-state index in [1.165, 1.54) is 11.8 Å². The molecule has 4 rings (SSSR count). The predicted octanol–water partition coefficient (Wildman–Crippen LogP) is 7.31. The van der Waals surface area contributed by atoms with Crippen molar-refractivity contribution in [2.75, 3.05) is 0 Å². The number of fused-ring (bicyclic) bond motifs is 1. The van der Waals surface area contributed by atoms with E-state index in [0.29, 0.717) is 31.5 Å². The van der Waals surface area contributed by atoms with Crippen LogP contribution in [0.15, 0.2) is 64.9 Å². The van der Waals surface area contributed by atoms with Gasteiger partial charge >= 0.3 is 5.97 Å². The van der Waals surface area contributed by atoms with E-state index in [0.717, 1.165) is 10.5 Å². The molecule has 2 aliphatic heterocycles. The number of aliphatic imine (C=N–C) groups is 1. The summed E-state index contributed by atoms with van der Waals surface area (Å²) < 4.78 is 0. The number of benzene rings is 2. The molecule has 0 unspecified atom stereocenters. The first-order chi connectivity index (χ1) is 13.4. The molecule has 0 fully saturated rings. The Labute approximate surface area is 205 Å². The number of thioether (sulfide) groups is 1. The van der Waals surface area contributed by atoms with E-state index >= 15 is 0 Å². The van der Waals surface area contributed by atoms with E-state index < -0.39 is 12.0 Å². The lowest BCUT2D eigenvalue weighted by Crippen LogP contribution is -2.33. The Morgan fingerprint density at radius 1 is 1.07 bits per heavy atom. The summed E-state index contributed by atoms with van der Waals surface area (Å²) in [5, 5.41) is 12.1. The number of halogens is 5. The summed E-state index contributed by atoms with van der Waals surface area (Å²) in [4.78, 5) is 19.2. The molecule has 2 aromatic rings. The van der Waals surface area contributed by atoms with E-state index in [-0.39, 0.29) is 30.4 Å². The monoisotopic (exact) mass is 522 g/mol. The zero-order valence-corrected chi connectivity index (χ0v) is 20.0. The Hall–Kier alpha value is -1.34. The topological polar surface area (TPSA) is 52.9 Å². The fourth-order valence-corrected chi connectivity index (χ4v) is 5.23. The lowest BCUT2D eigenvalue weighted by Gasteiger charge is -2.32. The van der Waals surface area contributed by atoms with Gasteiger partial charge in [0.25, 0.3) is 0 Å². The van der Waals surface area contributed by atoms with Crippen LogP contribution in [0.2, 0.25) is 15.1 Å². The Morgan fingerprint density at radius 2 is 1.67 bits per heavy atom. The van der Waals surface area contributed by atoms with Gasteiger partial charge in [-0.15, -0.1) is 24.8 Å². The van der Waals surface area contributed by atoms with Crippen molar-refractivity contribution in [2.45, 2.75) is 13.0 Å². The highest BCUT2D eigenvalue weighted by Crippen LogP contribution is 2.48. The molecule has 4 nitrogen and oxygen atoms in total. The molecule has 0 spiro atoms. The van der Waals surface area contributed by atoms with Gasteiger partial charge in [-0.05, 0) is 48.5 Å². The minimum Gasteiger partial charge on any atom is -0.478 e. The first-order valence-corrected chi connectivity index (χ1v) is 10.2. The van der Waals surface area contributed by atoms with Gasteiger partial charge in [-0.25, -0.2) is 9.79 Å². The zero-order chi connectivity index (χ0) is 20.0. The van der Waals surface area contributed by atoms with Crippen molar-refractivity contribution in [3.63, 3.8) is 0 Å². The minimum atomic E-state index is -1.01. The lowest BCUT2D eigenvalue weighted by atomic mass is 9.95. The molecule has 10 heteroatoms. The molecule has 1 N–H and O–H groups in total. The number of hydrogen-bond donors (Lipinski definition) is 1. The van der Waals surface area contributed by atoms with E-state index in [9.17, 15) is 9.90 Å². The summed E-state index contributed by atoms with van der Waals surface area (Å²) in [6.07, 6.45) is 1.85. The molecule has 0 saturated heterocycles. The summed E-state index contributed by atoms with van der Waals surface area (Å²) in [5.74, 6) is -1.01. The van der Waals surface area contributed by atoms with Crippen LogP contribution >= 0.6 is 71.4 Å². The highest BCUT2D eigenvalue weighted by atomic mass is 35.5. The van der Waals surface area contributed by atoms with Crippen LogP contribution in [-0.4, -0.2) is 21.1 Å². The Balaban J connectivity index is 0.00000160. The van der Waals surface area contributed by atoms with Gasteiger partial charge in [0.05, 0.1) is 27.4 Å². The first-order valence-electron chi connectivity index (χ1n) is 8.27. The van der Waals surface area contributed by atoms with Gasteiger partial charge in [0.2, 0.25) is 0 Å². The van der Waals surface area contributed by atoms with Crippen LogP contribution in [-0.2, 0) is 4.79 Å². The smallest absolute Gasteiger partial charge is 0.335 e. The number of amidine groups is 1. The van der Waals surface area contributed by atoms with Gasteiger partial charge in [-0.1, -0.05) is 53.0 Å². The summed E-state index contributed by atoms with van der Waals surface area (Å²) in [6.45, 7) is 1.71. The molecule has 0 aromatic heterocycles. The zero-order valence-electron chi connectivity index (χ0n) is 15.3. The van der Waals surface area contributed by atoms with Gasteiger partial charge in [-0.3, -0.25) is 0 Å². The number of nitrogens with zero attached hydrogens (tertiary/aromatic N) is 2. The molecule has 30 heavy (non-hydrogen) atoms. The fraction of sp³-hybridized carbons (Fsp3) is 0.100. The third-order valence-electron chi connectivity index (χ3n) is 4.51. The molecule has 158 valence electrons. The van der Waals surface area contributed by atoms with Crippen molar-refractivity contribution >= 4 is 87.4 Å². The van der Waals surface area contributed by atoms with Crippen LogP contribution in [0, 0.1) is 0 Å². The SMILES string of the molecule is CC1=C(C(=O)O)[C@H](c2ccc(Cl)cc2)N2C=C(c3c(Cl)cccc3Cl)SC2=N1.Cl.Cl. The number of carboxylic acid groups (broad SMARTS) is 1. The van der Waals surface area contributed by atoms with Gasteiger partial charge in [0, 0.05) is 21.7 Å². The van der Waals surface area contributed by atoms with Gasteiger partial charge < -0.3 is 10.0 Å². The van der Waals surface area contributed by atoms with Crippen LogP contribution in [0.3, 0.4) is 0 Å². The maximum absolute atomic E-state index is 12.0. The Bertz CT molecular complexity index is 1060. The summed E-state index contributed by atoms with van der Waals surface area (Å²) in [5.41, 5.74) is 2.19. The van der Waals surface area contributed by atoms with Crippen molar-refractivity contribution in [2.24, 2.45) is 4.99 Å². The van der Waals surface area contributed by atoms with Gasteiger partial charge in [0.15, 0.2) is 5.17 Å². The fourth-order valence-electron chi connectivity index (χ4n) is 3.26. The van der Waals surface area contributed by atoms with Crippen LogP contribution in [0.5, 0.6) is 0 Å². The molecule has 2 heterocycles. The average molecular weight is 525 g/mol. The predicted molar refractivity (Wildman–Crippen MR) is 130 cm³/mol. The van der Waals surface area contributed by atoms with Crippen molar-refractivity contribution < 1.29 is 9.90 Å². The number of aliphatic carboxylic acids is 1. The van der Waals surface area contributed by atoms with Crippen molar-refractivity contribution in [3.8, 4) is 0 Å². The van der Waals surface area contributed by atoms with Crippen LogP contribution < -0.4 is 0 Å². The quantitative estimate of drug-likeness (QED) is 0.458. The normalized spacial score (nSPS) is 17.5. The van der Waals surface area contributed by atoms with Crippen LogP contribution in [0.25, 0.3) is 4.91 Å². The molecule has 0 radical (unpaired) electrons. The van der Waals surface area contributed by atoms with Gasteiger partial charge in [-0.2, -0.15) is 0 Å². The second-order valence-electron chi connectivity index (χ2n) is 6.25. The van der Waals surface area contributed by atoms with Gasteiger partial charge in [0.1, 0.15) is 0 Å². The summed E-state index contributed by atoms with van der Waals surface area (Å²) in [6, 6.07) is 11.9. The van der Waals surface area contributed by atoms with E-state index in [2.05, 4.69) is 4.99 Å². The molecular weight excluding hydrogens is 510 g/mol. The maximum atomic E-state index is 12.0. The average Bonchev–Trinajstić information content (AvgIpc) is 3.04. The second-order valence-corrected chi connectivity index (χ2v) is 8.51. The number of carbonyl (C=O) groups is 1. The van der Waals surface area contributed by atoms with Crippen molar-refractivity contribution in [3.05, 3.63) is 86.1 Å². The van der Waals surface area contributed by atoms with E-state index in [1.54, 1.807) is 37.3 Å². The standard InChI is InChI=1S/C20H13Cl3N2O2S.2ClH/c1-10-16(19(26)27)18(11-5-7-12(21)8-6-11)25-9-15(28-20(25)24-10)17-13(22)3-2-4-14(17)23;;/h2-9,18H,1H3,(H,26,27);2*1H/t18-;;/m0../s1. The lowest BCUT2D eigenvalue weighted by molar-refractivity contribution is -0.133. The number of carboxylic acids is 1. The third-order valence-corrected chi connectivity index (χ3v) is 6.40. The highest BCUT2D eigenvalue weighted by molar-refractivity contribution is 8.22. The summed E-state index contributed by atoms with van der Waals surface area (Å²) in [7, 11) is 0.